The van der Waals surface area contributed by atoms with Gasteiger partial charge < -0.3 is 10.4 Å². The fraction of sp³-hybridized carbons (Fsp3) is 0.857. The maximum Gasteiger partial charge on any atom is 0.0636 e. The van der Waals surface area contributed by atoms with Crippen molar-refractivity contribution in [3.63, 3.8) is 0 Å². The lowest BCUT2D eigenvalue weighted by molar-refractivity contribution is 0.192. The van der Waals surface area contributed by atoms with Crippen LogP contribution in [0.25, 0.3) is 0 Å². The van der Waals surface area contributed by atoms with Gasteiger partial charge in [0.1, 0.15) is 0 Å². The Kier molecular flexibility index (Phi) is 4.72. The van der Waals surface area contributed by atoms with Gasteiger partial charge in [-0.15, -0.1) is 0 Å². The third-order valence-electron chi connectivity index (χ3n) is 0.918. The molecule has 1 atom stereocenters. The van der Waals surface area contributed by atoms with Gasteiger partial charge >= 0.3 is 0 Å². The number of hydrogen-bond donors (Lipinski definition) is 2. The highest BCUT2D eigenvalue weighted by Gasteiger charge is 1.95. The van der Waals surface area contributed by atoms with E-state index in [9.17, 15) is 0 Å². The summed E-state index contributed by atoms with van der Waals surface area (Å²) in [6.45, 7) is 7.50. The van der Waals surface area contributed by atoms with Gasteiger partial charge in [-0.25, -0.2) is 0 Å². The van der Waals surface area contributed by atoms with E-state index in [1.165, 1.54) is 5.92 Å². The van der Waals surface area contributed by atoms with E-state index >= 15 is 0 Å². The van der Waals surface area contributed by atoms with Crippen LogP contribution in [0.4, 0.5) is 0 Å². The lowest BCUT2D eigenvalue weighted by Gasteiger charge is -2.07. The van der Waals surface area contributed by atoms with Crippen molar-refractivity contribution >= 4 is 0 Å². The monoisotopic (exact) mass is 130 g/mol. The molecule has 0 rings (SSSR count). The van der Waals surface area contributed by atoms with Gasteiger partial charge in [0, 0.05) is 13.1 Å². The number of aliphatic hydroxyl groups excluding tert-OH is 1. The summed E-state index contributed by atoms with van der Waals surface area (Å²) in [4.78, 5) is 0. The third kappa shape index (κ3) is 7.92. The maximum atomic E-state index is 8.79. The highest BCUT2D eigenvalue weighted by Crippen LogP contribution is 1.89. The molecule has 0 aliphatic rings. The molecule has 0 aromatic heterocycles. The fourth-order valence-electron chi connectivity index (χ4n) is 0.531. The Balaban J connectivity index is 2.91. The average Bonchev–Trinajstić information content (AvgIpc) is 1.63. The van der Waals surface area contributed by atoms with Crippen molar-refractivity contribution in [2.75, 3.05) is 13.1 Å². The highest BCUT2D eigenvalue weighted by atomic mass is 16.3. The summed E-state index contributed by atoms with van der Waals surface area (Å²) >= 11 is 0. The predicted molar refractivity (Wildman–Crippen MR) is 39.1 cm³/mol. The lowest BCUT2D eigenvalue weighted by Crippen LogP contribution is -2.26. The van der Waals surface area contributed by atoms with Crippen molar-refractivity contribution in [3.05, 3.63) is 5.92 Å². The average molecular weight is 130 g/mol. The number of aliphatic hydroxyl groups is 1. The standard InChI is InChI=1S/C7H16NO/c1-6(2)4-8-5-7(3)9/h7-9H,4-5H2,1-3H3. The zero-order chi connectivity index (χ0) is 7.28. The van der Waals surface area contributed by atoms with Gasteiger partial charge in [0.05, 0.1) is 6.10 Å². The van der Waals surface area contributed by atoms with Crippen LogP contribution in [0.5, 0.6) is 0 Å². The molecular formula is C7H16NO. The van der Waals surface area contributed by atoms with E-state index in [2.05, 4.69) is 19.2 Å². The Hall–Kier alpha value is -0.0800. The summed E-state index contributed by atoms with van der Waals surface area (Å²) in [7, 11) is 0. The lowest BCUT2D eigenvalue weighted by atomic mass is 10.2. The van der Waals surface area contributed by atoms with Gasteiger partial charge in [-0.05, 0) is 12.8 Å². The van der Waals surface area contributed by atoms with Crippen molar-refractivity contribution in [1.82, 2.24) is 5.32 Å². The molecule has 0 amide bonds. The molecule has 0 spiro atoms. The van der Waals surface area contributed by atoms with Crippen LogP contribution in [0.15, 0.2) is 0 Å². The Morgan fingerprint density at radius 3 is 2.44 bits per heavy atom. The summed E-state index contributed by atoms with van der Waals surface area (Å²) < 4.78 is 0. The normalized spacial score (nSPS) is 14.3. The highest BCUT2D eigenvalue weighted by molar-refractivity contribution is 4.79. The zero-order valence-electron chi connectivity index (χ0n) is 6.44. The van der Waals surface area contributed by atoms with Crippen LogP contribution in [-0.4, -0.2) is 24.3 Å². The van der Waals surface area contributed by atoms with Crippen LogP contribution in [0.3, 0.4) is 0 Å². The number of rotatable bonds is 4. The maximum absolute atomic E-state index is 8.79. The summed E-state index contributed by atoms with van der Waals surface area (Å²) in [6, 6.07) is 0. The van der Waals surface area contributed by atoms with E-state index in [0.29, 0.717) is 6.54 Å². The molecule has 0 aromatic rings. The first kappa shape index (κ1) is 8.92. The second-order valence-electron chi connectivity index (χ2n) is 2.69. The molecule has 9 heavy (non-hydrogen) atoms. The quantitative estimate of drug-likeness (QED) is 0.583. The molecule has 1 unspecified atom stereocenters. The first-order valence-electron chi connectivity index (χ1n) is 3.30. The van der Waals surface area contributed by atoms with Crippen molar-refractivity contribution in [2.24, 2.45) is 0 Å². The van der Waals surface area contributed by atoms with Crippen LogP contribution in [0.1, 0.15) is 20.8 Å². The Bertz CT molecular complexity index is 53.9. The summed E-state index contributed by atoms with van der Waals surface area (Å²) in [6.07, 6.45) is -0.232. The summed E-state index contributed by atoms with van der Waals surface area (Å²) in [5.74, 6) is 1.34. The van der Waals surface area contributed by atoms with Gasteiger partial charge in [-0.1, -0.05) is 13.8 Å². The van der Waals surface area contributed by atoms with Crippen molar-refractivity contribution in [3.8, 4) is 0 Å². The molecule has 0 saturated carbocycles. The molecule has 0 aliphatic carbocycles. The molecule has 0 bridgehead atoms. The second-order valence-corrected chi connectivity index (χ2v) is 2.69. The van der Waals surface area contributed by atoms with E-state index in [4.69, 9.17) is 5.11 Å². The molecular weight excluding hydrogens is 114 g/mol. The molecule has 0 fully saturated rings. The van der Waals surface area contributed by atoms with Crippen LogP contribution in [0.2, 0.25) is 0 Å². The third-order valence-corrected chi connectivity index (χ3v) is 0.918. The molecule has 0 saturated heterocycles. The topological polar surface area (TPSA) is 32.3 Å². The largest absolute Gasteiger partial charge is 0.392 e. The van der Waals surface area contributed by atoms with E-state index in [0.717, 1.165) is 6.54 Å². The van der Waals surface area contributed by atoms with Gasteiger partial charge in [0.2, 0.25) is 0 Å². The summed E-state index contributed by atoms with van der Waals surface area (Å²) in [5.41, 5.74) is 0. The predicted octanol–water partition coefficient (Wildman–Crippen LogP) is 0.571. The van der Waals surface area contributed by atoms with Gasteiger partial charge in [0.15, 0.2) is 0 Å². The smallest absolute Gasteiger partial charge is 0.0636 e. The van der Waals surface area contributed by atoms with E-state index in [-0.39, 0.29) is 6.10 Å². The molecule has 2 N–H and O–H groups in total. The molecule has 2 heteroatoms. The minimum absolute atomic E-state index is 0.232. The molecule has 0 aromatic carbocycles. The number of hydrogen-bond acceptors (Lipinski definition) is 2. The molecule has 2 nitrogen and oxygen atoms in total. The summed E-state index contributed by atoms with van der Waals surface area (Å²) in [5, 5.41) is 11.9. The first-order valence-corrected chi connectivity index (χ1v) is 3.30. The van der Waals surface area contributed by atoms with Gasteiger partial charge in [-0.2, -0.15) is 0 Å². The zero-order valence-corrected chi connectivity index (χ0v) is 6.44. The van der Waals surface area contributed by atoms with Crippen molar-refractivity contribution < 1.29 is 5.11 Å². The van der Waals surface area contributed by atoms with Gasteiger partial charge in [0.25, 0.3) is 0 Å². The van der Waals surface area contributed by atoms with E-state index < -0.39 is 0 Å². The van der Waals surface area contributed by atoms with Crippen LogP contribution < -0.4 is 5.32 Å². The van der Waals surface area contributed by atoms with E-state index in [1.807, 2.05) is 0 Å². The second kappa shape index (κ2) is 4.77. The van der Waals surface area contributed by atoms with Gasteiger partial charge in [-0.3, -0.25) is 0 Å². The number of nitrogens with one attached hydrogen (secondary N) is 1. The van der Waals surface area contributed by atoms with Crippen LogP contribution in [-0.2, 0) is 0 Å². The minimum Gasteiger partial charge on any atom is -0.392 e. The Labute approximate surface area is 57.3 Å². The fourth-order valence-corrected chi connectivity index (χ4v) is 0.531. The van der Waals surface area contributed by atoms with Crippen LogP contribution >= 0.6 is 0 Å². The van der Waals surface area contributed by atoms with Crippen molar-refractivity contribution in [1.29, 1.82) is 0 Å². The first-order chi connectivity index (χ1) is 4.13. The molecule has 0 heterocycles. The minimum atomic E-state index is -0.232. The molecule has 1 radical (unpaired) electrons. The Morgan fingerprint density at radius 1 is 1.56 bits per heavy atom. The SMILES string of the molecule is C[C](C)CNCC(C)O. The van der Waals surface area contributed by atoms with Crippen molar-refractivity contribution in [2.45, 2.75) is 26.9 Å². The molecule has 55 valence electrons. The Morgan fingerprint density at radius 2 is 2.11 bits per heavy atom. The molecule has 0 aliphatic heterocycles. The van der Waals surface area contributed by atoms with E-state index in [1.54, 1.807) is 6.92 Å². The van der Waals surface area contributed by atoms with Crippen LogP contribution in [0, 0.1) is 5.92 Å².